The predicted octanol–water partition coefficient (Wildman–Crippen LogP) is 0.402. The standard InChI is InChI=1S/C13H18F3N5O2/c14-13(15,16)10-1-2-19-12(21-10)20-4-3-18-11(22)7-9-8-23-6-5-17-9/h1-2,9,17H,3-8H2,(H,18,22)(H,19,20,21). The summed E-state index contributed by atoms with van der Waals surface area (Å²) < 4.78 is 42.7. The fourth-order valence-corrected chi connectivity index (χ4v) is 2.02. The van der Waals surface area contributed by atoms with Crippen molar-refractivity contribution in [2.75, 3.05) is 38.2 Å². The minimum atomic E-state index is -4.51. The summed E-state index contributed by atoms with van der Waals surface area (Å²) in [4.78, 5) is 18.8. The maximum atomic E-state index is 12.5. The van der Waals surface area contributed by atoms with Crippen LogP contribution >= 0.6 is 0 Å². The molecule has 0 aliphatic carbocycles. The summed E-state index contributed by atoms with van der Waals surface area (Å²) in [5.41, 5.74) is -1.01. The number of nitrogens with zero attached hydrogens (tertiary/aromatic N) is 2. The van der Waals surface area contributed by atoms with Crippen molar-refractivity contribution < 1.29 is 22.7 Å². The number of aromatic nitrogens is 2. The summed E-state index contributed by atoms with van der Waals surface area (Å²) in [7, 11) is 0. The van der Waals surface area contributed by atoms with Crippen LogP contribution in [0.2, 0.25) is 0 Å². The lowest BCUT2D eigenvalue weighted by Crippen LogP contribution is -2.44. The van der Waals surface area contributed by atoms with E-state index in [1.54, 1.807) is 0 Å². The van der Waals surface area contributed by atoms with E-state index < -0.39 is 11.9 Å². The molecule has 1 fully saturated rings. The highest BCUT2D eigenvalue weighted by Crippen LogP contribution is 2.27. The lowest BCUT2D eigenvalue weighted by Gasteiger charge is -2.23. The third-order valence-electron chi connectivity index (χ3n) is 3.11. The minimum absolute atomic E-state index is 0.0106. The van der Waals surface area contributed by atoms with Crippen molar-refractivity contribution in [3.63, 3.8) is 0 Å². The molecule has 0 saturated carbocycles. The van der Waals surface area contributed by atoms with Gasteiger partial charge < -0.3 is 20.7 Å². The van der Waals surface area contributed by atoms with E-state index in [4.69, 9.17) is 4.74 Å². The number of rotatable bonds is 6. The van der Waals surface area contributed by atoms with Crippen LogP contribution in [-0.2, 0) is 15.7 Å². The molecule has 0 aromatic carbocycles. The number of nitrogens with one attached hydrogen (secondary N) is 3. The molecule has 128 valence electrons. The molecular weight excluding hydrogens is 315 g/mol. The van der Waals surface area contributed by atoms with Crippen LogP contribution in [-0.4, -0.2) is 54.8 Å². The molecular formula is C13H18F3N5O2. The molecule has 7 nitrogen and oxygen atoms in total. The molecule has 1 aromatic heterocycles. The number of ether oxygens (including phenoxy) is 1. The first-order valence-electron chi connectivity index (χ1n) is 7.17. The Balaban J connectivity index is 1.68. The van der Waals surface area contributed by atoms with Gasteiger partial charge in [0.15, 0.2) is 0 Å². The number of hydrogen-bond donors (Lipinski definition) is 3. The molecule has 1 amide bonds. The van der Waals surface area contributed by atoms with Gasteiger partial charge in [0, 0.05) is 38.3 Å². The molecule has 1 aliphatic heterocycles. The number of anilines is 1. The molecule has 1 aliphatic rings. The summed E-state index contributed by atoms with van der Waals surface area (Å²) in [6.07, 6.45) is -3.19. The molecule has 1 unspecified atom stereocenters. The molecule has 23 heavy (non-hydrogen) atoms. The molecule has 1 aromatic rings. The molecule has 10 heteroatoms. The Kier molecular flexibility index (Phi) is 6.11. The summed E-state index contributed by atoms with van der Waals surface area (Å²) in [5.74, 6) is -0.281. The topological polar surface area (TPSA) is 88.2 Å². The quantitative estimate of drug-likeness (QED) is 0.653. The van der Waals surface area contributed by atoms with E-state index in [1.807, 2.05) is 0 Å². The summed E-state index contributed by atoms with van der Waals surface area (Å²) >= 11 is 0. The fourth-order valence-electron chi connectivity index (χ4n) is 2.02. The van der Waals surface area contributed by atoms with E-state index in [-0.39, 0.29) is 31.0 Å². The van der Waals surface area contributed by atoms with Crippen molar-refractivity contribution in [3.05, 3.63) is 18.0 Å². The summed E-state index contributed by atoms with van der Waals surface area (Å²) in [6.45, 7) is 2.32. The zero-order valence-electron chi connectivity index (χ0n) is 12.3. The second kappa shape index (κ2) is 8.06. The Morgan fingerprint density at radius 2 is 2.26 bits per heavy atom. The van der Waals surface area contributed by atoms with Crippen molar-refractivity contribution >= 4 is 11.9 Å². The molecule has 1 atom stereocenters. The Bertz CT molecular complexity index is 521. The van der Waals surface area contributed by atoms with Crippen LogP contribution in [0.15, 0.2) is 12.3 Å². The average molecular weight is 333 g/mol. The van der Waals surface area contributed by atoms with Crippen molar-refractivity contribution in [1.82, 2.24) is 20.6 Å². The van der Waals surface area contributed by atoms with Gasteiger partial charge in [0.2, 0.25) is 11.9 Å². The average Bonchev–Trinajstić information content (AvgIpc) is 2.52. The second-order valence-electron chi connectivity index (χ2n) is 4.97. The van der Waals surface area contributed by atoms with Gasteiger partial charge in [-0.3, -0.25) is 4.79 Å². The smallest absolute Gasteiger partial charge is 0.378 e. The van der Waals surface area contributed by atoms with E-state index in [1.165, 1.54) is 0 Å². The van der Waals surface area contributed by atoms with Crippen molar-refractivity contribution in [3.8, 4) is 0 Å². The van der Waals surface area contributed by atoms with E-state index in [0.717, 1.165) is 12.3 Å². The zero-order chi connectivity index (χ0) is 16.7. The number of amides is 1. The van der Waals surface area contributed by atoms with Gasteiger partial charge in [-0.2, -0.15) is 13.2 Å². The maximum absolute atomic E-state index is 12.5. The van der Waals surface area contributed by atoms with Gasteiger partial charge in [0.25, 0.3) is 0 Å². The number of morpholine rings is 1. The molecule has 1 saturated heterocycles. The lowest BCUT2D eigenvalue weighted by molar-refractivity contribution is -0.141. The van der Waals surface area contributed by atoms with Crippen molar-refractivity contribution in [2.45, 2.75) is 18.6 Å². The normalized spacial score (nSPS) is 18.5. The van der Waals surface area contributed by atoms with E-state index >= 15 is 0 Å². The number of halogens is 3. The Hall–Kier alpha value is -1.94. The highest BCUT2D eigenvalue weighted by atomic mass is 19.4. The maximum Gasteiger partial charge on any atom is 0.433 e. The molecule has 0 bridgehead atoms. The Labute approximate surface area is 131 Å². The summed E-state index contributed by atoms with van der Waals surface area (Å²) in [5, 5.41) is 8.47. The van der Waals surface area contributed by atoms with Gasteiger partial charge in [-0.1, -0.05) is 0 Å². The monoisotopic (exact) mass is 333 g/mol. The van der Waals surface area contributed by atoms with E-state index in [2.05, 4.69) is 25.9 Å². The summed E-state index contributed by atoms with van der Waals surface area (Å²) in [6, 6.07) is 0.787. The Morgan fingerprint density at radius 1 is 1.43 bits per heavy atom. The third kappa shape index (κ3) is 5.99. The fraction of sp³-hybridized carbons (Fsp3) is 0.615. The number of alkyl halides is 3. The molecule has 0 spiro atoms. The molecule has 0 radical (unpaired) electrons. The third-order valence-corrected chi connectivity index (χ3v) is 3.11. The van der Waals surface area contributed by atoms with Crippen LogP contribution in [0.1, 0.15) is 12.1 Å². The number of carbonyl (C=O) groups excluding carboxylic acids is 1. The number of hydrogen-bond acceptors (Lipinski definition) is 6. The van der Waals surface area contributed by atoms with Gasteiger partial charge >= 0.3 is 6.18 Å². The van der Waals surface area contributed by atoms with Crippen LogP contribution in [0.25, 0.3) is 0 Å². The van der Waals surface area contributed by atoms with Crippen LogP contribution < -0.4 is 16.0 Å². The van der Waals surface area contributed by atoms with Crippen LogP contribution in [0.3, 0.4) is 0 Å². The Morgan fingerprint density at radius 3 is 2.96 bits per heavy atom. The largest absolute Gasteiger partial charge is 0.433 e. The molecule has 3 N–H and O–H groups in total. The van der Waals surface area contributed by atoms with Gasteiger partial charge in [-0.25, -0.2) is 9.97 Å². The lowest BCUT2D eigenvalue weighted by atomic mass is 10.2. The van der Waals surface area contributed by atoms with Crippen LogP contribution in [0.5, 0.6) is 0 Å². The van der Waals surface area contributed by atoms with Gasteiger partial charge in [0.1, 0.15) is 5.69 Å². The van der Waals surface area contributed by atoms with E-state index in [0.29, 0.717) is 26.2 Å². The number of carbonyl (C=O) groups is 1. The van der Waals surface area contributed by atoms with Gasteiger partial charge in [-0.05, 0) is 6.07 Å². The predicted molar refractivity (Wildman–Crippen MR) is 75.8 cm³/mol. The van der Waals surface area contributed by atoms with Crippen molar-refractivity contribution in [1.29, 1.82) is 0 Å². The van der Waals surface area contributed by atoms with E-state index in [9.17, 15) is 18.0 Å². The highest BCUT2D eigenvalue weighted by Gasteiger charge is 2.32. The second-order valence-corrected chi connectivity index (χ2v) is 4.97. The first kappa shape index (κ1) is 17.4. The van der Waals surface area contributed by atoms with Gasteiger partial charge in [-0.15, -0.1) is 0 Å². The van der Waals surface area contributed by atoms with Crippen LogP contribution in [0, 0.1) is 0 Å². The molecule has 2 heterocycles. The van der Waals surface area contributed by atoms with Crippen LogP contribution in [0.4, 0.5) is 19.1 Å². The first-order chi connectivity index (χ1) is 10.9. The molecule has 2 rings (SSSR count). The highest BCUT2D eigenvalue weighted by molar-refractivity contribution is 5.76. The minimum Gasteiger partial charge on any atom is -0.378 e. The zero-order valence-corrected chi connectivity index (χ0v) is 12.3. The first-order valence-corrected chi connectivity index (χ1v) is 7.17. The van der Waals surface area contributed by atoms with Crippen molar-refractivity contribution in [2.24, 2.45) is 0 Å². The SMILES string of the molecule is O=C(CC1COCCN1)NCCNc1nccc(C(F)(F)F)n1. The van der Waals surface area contributed by atoms with Gasteiger partial charge in [0.05, 0.1) is 13.2 Å².